The molecule has 0 aliphatic heterocycles. The van der Waals surface area contributed by atoms with Crippen LogP contribution in [0.1, 0.15) is 0 Å². The Labute approximate surface area is 88.5 Å². The van der Waals surface area contributed by atoms with E-state index in [0.717, 1.165) is 0 Å². The number of anilines is 1. The Morgan fingerprint density at radius 2 is 2.23 bits per heavy atom. The lowest BCUT2D eigenvalue weighted by atomic mass is 10.3. The molecule has 2 nitrogen and oxygen atoms in total. The van der Waals surface area contributed by atoms with Gasteiger partial charge in [0.15, 0.2) is 0 Å². The third-order valence-corrected chi connectivity index (χ3v) is 3.06. The van der Waals surface area contributed by atoms with Crippen molar-refractivity contribution in [3.8, 4) is 0 Å². The molecule has 0 atom stereocenters. The van der Waals surface area contributed by atoms with Crippen LogP contribution in [-0.2, 0) is 0 Å². The van der Waals surface area contributed by atoms with Gasteiger partial charge in [0.05, 0.1) is 11.1 Å². The van der Waals surface area contributed by atoms with Crippen LogP contribution < -0.4 is 5.73 Å². The molecule has 1 aromatic rings. The van der Waals surface area contributed by atoms with Gasteiger partial charge in [0, 0.05) is 16.3 Å². The highest BCUT2D eigenvalue weighted by molar-refractivity contribution is 9.10. The van der Waals surface area contributed by atoms with Gasteiger partial charge in [-0.1, -0.05) is 0 Å². The van der Waals surface area contributed by atoms with Crippen molar-refractivity contribution < 1.29 is 9.50 Å². The van der Waals surface area contributed by atoms with Crippen molar-refractivity contribution in [1.29, 1.82) is 0 Å². The molecule has 0 heterocycles. The fourth-order valence-corrected chi connectivity index (χ4v) is 1.91. The van der Waals surface area contributed by atoms with E-state index in [9.17, 15) is 4.39 Å². The van der Waals surface area contributed by atoms with Gasteiger partial charge in [0.1, 0.15) is 5.82 Å². The first-order valence-corrected chi connectivity index (χ1v) is 5.41. The molecule has 0 aliphatic carbocycles. The van der Waals surface area contributed by atoms with Gasteiger partial charge >= 0.3 is 0 Å². The summed E-state index contributed by atoms with van der Waals surface area (Å²) < 4.78 is 13.4. The molecule has 1 rings (SSSR count). The summed E-state index contributed by atoms with van der Waals surface area (Å²) in [6.07, 6.45) is 0. The average Bonchev–Trinajstić information content (AvgIpc) is 2.09. The lowest BCUT2D eigenvalue weighted by Crippen LogP contribution is -1.93. The quantitative estimate of drug-likeness (QED) is 0.651. The molecule has 0 spiro atoms. The lowest BCUT2D eigenvalue weighted by molar-refractivity contribution is 0.322. The maximum atomic E-state index is 13.0. The summed E-state index contributed by atoms with van der Waals surface area (Å²) in [4.78, 5) is 0.662. The monoisotopic (exact) mass is 265 g/mol. The summed E-state index contributed by atoms with van der Waals surface area (Å²) in [5.41, 5.74) is 6.15. The average molecular weight is 266 g/mol. The normalized spacial score (nSPS) is 10.4. The van der Waals surface area contributed by atoms with E-state index in [0.29, 0.717) is 20.8 Å². The predicted molar refractivity (Wildman–Crippen MR) is 56.3 cm³/mol. The summed E-state index contributed by atoms with van der Waals surface area (Å²) in [6.45, 7) is 0.0573. The zero-order valence-corrected chi connectivity index (χ0v) is 9.16. The third-order valence-electron chi connectivity index (χ3n) is 1.40. The van der Waals surface area contributed by atoms with Crippen molar-refractivity contribution in [2.45, 2.75) is 4.90 Å². The van der Waals surface area contributed by atoms with Crippen LogP contribution in [0.3, 0.4) is 0 Å². The highest BCUT2D eigenvalue weighted by Crippen LogP contribution is 2.29. The number of benzene rings is 1. The highest BCUT2D eigenvalue weighted by atomic mass is 79.9. The number of nitrogens with two attached hydrogens (primary N) is 1. The Morgan fingerprint density at radius 3 is 2.85 bits per heavy atom. The van der Waals surface area contributed by atoms with Crippen LogP contribution >= 0.6 is 27.7 Å². The van der Waals surface area contributed by atoms with Crippen LogP contribution in [-0.4, -0.2) is 17.5 Å². The molecule has 0 radical (unpaired) electrons. The fourth-order valence-electron chi connectivity index (χ4n) is 0.825. The van der Waals surface area contributed by atoms with Crippen molar-refractivity contribution in [2.75, 3.05) is 18.1 Å². The number of nitrogen functional groups attached to an aromatic ring is 1. The Kier molecular flexibility index (Phi) is 4.02. The van der Waals surface area contributed by atoms with Crippen molar-refractivity contribution >= 4 is 33.4 Å². The molecule has 0 saturated carbocycles. The lowest BCUT2D eigenvalue weighted by Gasteiger charge is -2.05. The van der Waals surface area contributed by atoms with Crippen molar-refractivity contribution in [3.63, 3.8) is 0 Å². The van der Waals surface area contributed by atoms with E-state index in [4.69, 9.17) is 10.8 Å². The number of halogens is 2. The molecule has 13 heavy (non-hydrogen) atoms. The summed E-state index contributed by atoms with van der Waals surface area (Å²) in [5, 5.41) is 8.58. The first-order chi connectivity index (χ1) is 6.15. The topological polar surface area (TPSA) is 46.2 Å². The fraction of sp³-hybridized carbons (Fsp3) is 0.250. The van der Waals surface area contributed by atoms with Crippen LogP contribution in [0.15, 0.2) is 21.5 Å². The van der Waals surface area contributed by atoms with E-state index in [1.807, 2.05) is 0 Å². The summed E-state index contributed by atoms with van der Waals surface area (Å²) in [7, 11) is 0. The molecule has 0 fully saturated rings. The van der Waals surface area contributed by atoms with Gasteiger partial charge in [-0.2, -0.15) is 0 Å². The van der Waals surface area contributed by atoms with Crippen molar-refractivity contribution in [1.82, 2.24) is 0 Å². The molecule has 0 aromatic heterocycles. The first kappa shape index (κ1) is 10.8. The van der Waals surface area contributed by atoms with Gasteiger partial charge in [-0.05, 0) is 28.1 Å². The second-order valence-electron chi connectivity index (χ2n) is 2.38. The molecular formula is C8H9BrFNOS. The number of aliphatic hydroxyl groups excluding tert-OH is 1. The Hall–Kier alpha value is -0.260. The summed E-state index contributed by atoms with van der Waals surface area (Å²) >= 11 is 4.37. The van der Waals surface area contributed by atoms with Crippen LogP contribution in [0.5, 0.6) is 0 Å². The van der Waals surface area contributed by atoms with Gasteiger partial charge in [-0.3, -0.25) is 0 Å². The third kappa shape index (κ3) is 2.86. The molecule has 3 N–H and O–H groups in total. The van der Waals surface area contributed by atoms with E-state index < -0.39 is 0 Å². The van der Waals surface area contributed by atoms with E-state index in [1.165, 1.54) is 23.9 Å². The molecule has 72 valence electrons. The Balaban J connectivity index is 2.88. The zero-order valence-electron chi connectivity index (χ0n) is 6.76. The van der Waals surface area contributed by atoms with Gasteiger partial charge in [0.25, 0.3) is 0 Å². The predicted octanol–water partition coefficient (Wildman–Crippen LogP) is 2.25. The molecule has 0 unspecified atom stereocenters. The van der Waals surface area contributed by atoms with E-state index in [-0.39, 0.29) is 12.4 Å². The summed E-state index contributed by atoms with van der Waals surface area (Å²) in [6, 6.07) is 2.88. The number of thioether (sulfide) groups is 1. The van der Waals surface area contributed by atoms with E-state index >= 15 is 0 Å². The molecule has 0 aliphatic rings. The van der Waals surface area contributed by atoms with Gasteiger partial charge in [-0.15, -0.1) is 11.8 Å². The van der Waals surface area contributed by atoms with Crippen LogP contribution in [0, 0.1) is 5.82 Å². The smallest absolute Gasteiger partial charge is 0.138 e. The standard InChI is InChI=1S/C8H9BrFNOS/c9-5-3-7(11)8(4-6(5)10)13-2-1-12/h3-4,12H,1-2,11H2. The minimum Gasteiger partial charge on any atom is -0.398 e. The molecule has 0 amide bonds. The summed E-state index contributed by atoms with van der Waals surface area (Å²) in [5.74, 6) is 0.181. The first-order valence-electron chi connectivity index (χ1n) is 3.63. The second-order valence-corrected chi connectivity index (χ2v) is 4.37. The Morgan fingerprint density at radius 1 is 1.54 bits per heavy atom. The van der Waals surface area contributed by atoms with Gasteiger partial charge < -0.3 is 10.8 Å². The highest BCUT2D eigenvalue weighted by Gasteiger charge is 2.05. The number of rotatable bonds is 3. The molecule has 0 saturated heterocycles. The van der Waals surface area contributed by atoms with Crippen molar-refractivity contribution in [2.24, 2.45) is 0 Å². The zero-order chi connectivity index (χ0) is 9.84. The minimum absolute atomic E-state index is 0.0573. The largest absolute Gasteiger partial charge is 0.398 e. The van der Waals surface area contributed by atoms with E-state index in [1.54, 1.807) is 0 Å². The van der Waals surface area contributed by atoms with Crippen LogP contribution in [0.4, 0.5) is 10.1 Å². The van der Waals surface area contributed by atoms with Crippen LogP contribution in [0.2, 0.25) is 0 Å². The second kappa shape index (κ2) is 4.83. The van der Waals surface area contributed by atoms with Crippen LogP contribution in [0.25, 0.3) is 0 Å². The minimum atomic E-state index is -0.338. The van der Waals surface area contributed by atoms with Gasteiger partial charge in [-0.25, -0.2) is 4.39 Å². The Bertz CT molecular complexity index is 308. The maximum absolute atomic E-state index is 13.0. The molecule has 1 aromatic carbocycles. The number of hydrogen-bond acceptors (Lipinski definition) is 3. The maximum Gasteiger partial charge on any atom is 0.138 e. The van der Waals surface area contributed by atoms with E-state index in [2.05, 4.69) is 15.9 Å². The molecular weight excluding hydrogens is 257 g/mol. The van der Waals surface area contributed by atoms with Gasteiger partial charge in [0.2, 0.25) is 0 Å². The molecule has 0 bridgehead atoms. The number of aliphatic hydroxyl groups is 1. The van der Waals surface area contributed by atoms with Crippen molar-refractivity contribution in [3.05, 3.63) is 22.4 Å². The SMILES string of the molecule is Nc1cc(Br)c(F)cc1SCCO. The molecule has 5 heteroatoms. The number of hydrogen-bond donors (Lipinski definition) is 2.